The van der Waals surface area contributed by atoms with Crippen LogP contribution in [0.5, 0.6) is 0 Å². The molecule has 2 unspecified atom stereocenters. The third-order valence-electron chi connectivity index (χ3n) is 10.6. The fourth-order valence-electron chi connectivity index (χ4n) is 7.35. The van der Waals surface area contributed by atoms with Crippen molar-refractivity contribution in [3.63, 3.8) is 0 Å². The normalized spacial score (nSPS) is 12.7. The first-order chi connectivity index (χ1) is 32.6. The van der Waals surface area contributed by atoms with Gasteiger partial charge < -0.3 is 52.1 Å². The predicted molar refractivity (Wildman–Crippen MR) is 238 cm³/mol. The Morgan fingerprint density at radius 3 is 1.78 bits per heavy atom. The molecule has 9 aromatic rings. The summed E-state index contributed by atoms with van der Waals surface area (Å²) in [6.45, 7) is 3.43. The van der Waals surface area contributed by atoms with Gasteiger partial charge >= 0.3 is 5.97 Å². The lowest BCUT2D eigenvalue weighted by molar-refractivity contribution is -0.126. The van der Waals surface area contributed by atoms with Crippen LogP contribution in [-0.2, 0) is 14.2 Å². The van der Waals surface area contributed by atoms with Gasteiger partial charge in [-0.3, -0.25) is 4.79 Å². The van der Waals surface area contributed by atoms with Crippen LogP contribution in [0.25, 0.3) is 46.3 Å². The zero-order valence-electron chi connectivity index (χ0n) is 36.1. The Kier molecular flexibility index (Phi) is 12.5. The number of carbonyl (C=O) groups is 2. The van der Waals surface area contributed by atoms with Crippen molar-refractivity contribution < 1.29 is 50.7 Å². The molecule has 2 atom stereocenters. The van der Waals surface area contributed by atoms with Crippen LogP contribution in [-0.4, -0.2) is 73.1 Å². The van der Waals surface area contributed by atoms with Gasteiger partial charge in [0, 0.05) is 20.0 Å². The quantitative estimate of drug-likeness (QED) is 0.0538. The van der Waals surface area contributed by atoms with Crippen molar-refractivity contribution in [3.05, 3.63) is 167 Å². The molecule has 340 valence electrons. The number of hydrogen-bond donors (Lipinski definition) is 3. The van der Waals surface area contributed by atoms with Gasteiger partial charge in [0.05, 0.1) is 10.8 Å². The summed E-state index contributed by atoms with van der Waals surface area (Å²) < 4.78 is 44.7. The van der Waals surface area contributed by atoms with E-state index in [1.165, 1.54) is 26.7 Å². The van der Waals surface area contributed by atoms with E-state index < -0.39 is 35.0 Å². The average Bonchev–Trinajstić information content (AvgIpc) is 4.22. The smallest absolute Gasteiger partial charge is 0.357 e. The van der Waals surface area contributed by atoms with Gasteiger partial charge in [-0.25, -0.2) is 34.7 Å². The van der Waals surface area contributed by atoms with Crippen LogP contribution in [0.15, 0.2) is 143 Å². The molecule has 6 heterocycles. The summed E-state index contributed by atoms with van der Waals surface area (Å²) in [5.74, 6) is -0.421. The number of carboxylic acid groups (broad SMARTS) is 1. The summed E-state index contributed by atoms with van der Waals surface area (Å²) in [5, 5.41) is 11.9. The summed E-state index contributed by atoms with van der Waals surface area (Å²) in [7, 11) is 2.75. The van der Waals surface area contributed by atoms with E-state index in [1.54, 1.807) is 25.6 Å². The Hall–Kier alpha value is -7.91. The number of nitrogens with zero attached hydrogens (tertiary/aromatic N) is 6. The molecule has 6 aromatic heterocycles. The minimum atomic E-state index is -1.27. The summed E-state index contributed by atoms with van der Waals surface area (Å²) in [6, 6.07) is 29.3. The molecule has 9 rings (SSSR count). The number of nitrogens with two attached hydrogens (primary N) is 1. The second-order valence-corrected chi connectivity index (χ2v) is 16.1. The molecule has 0 spiro atoms. The summed E-state index contributed by atoms with van der Waals surface area (Å²) in [5.41, 5.74) is 10.6. The Labute approximate surface area is 384 Å². The first kappa shape index (κ1) is 44.3. The highest BCUT2D eigenvalue weighted by Gasteiger charge is 2.38. The molecule has 0 radical (unpaired) electrons. The van der Waals surface area contributed by atoms with Crippen molar-refractivity contribution in [2.24, 2.45) is 5.73 Å². The van der Waals surface area contributed by atoms with Crippen molar-refractivity contribution in [2.75, 3.05) is 20.0 Å². The Morgan fingerprint density at radius 2 is 1.16 bits per heavy atom. The first-order valence-electron chi connectivity index (χ1n) is 20.5. The maximum atomic E-state index is 13.7. The van der Waals surface area contributed by atoms with Crippen LogP contribution < -0.4 is 11.1 Å². The second kappa shape index (κ2) is 18.9. The number of aromatic carboxylic acids is 1. The minimum Gasteiger partial charge on any atom is -0.476 e. The molecule has 3 aromatic carbocycles. The third-order valence-corrected chi connectivity index (χ3v) is 12.2. The molecule has 0 saturated carbocycles. The molecule has 0 fully saturated rings. The van der Waals surface area contributed by atoms with Crippen molar-refractivity contribution in [2.45, 2.75) is 37.0 Å². The molecule has 0 aliphatic heterocycles. The van der Waals surface area contributed by atoms with Crippen LogP contribution in [0.3, 0.4) is 0 Å². The van der Waals surface area contributed by atoms with E-state index in [0.29, 0.717) is 28.9 Å². The molecule has 0 aliphatic carbocycles. The zero-order valence-corrected chi connectivity index (χ0v) is 36.9. The van der Waals surface area contributed by atoms with Crippen LogP contribution >= 0.6 is 11.8 Å². The highest BCUT2D eigenvalue weighted by Crippen LogP contribution is 2.49. The number of thioether (sulfide) groups is 1. The predicted octanol–water partition coefficient (Wildman–Crippen LogP) is 8.41. The first-order valence-corrected chi connectivity index (χ1v) is 21.5. The van der Waals surface area contributed by atoms with Crippen LogP contribution in [0.1, 0.15) is 73.1 Å². The van der Waals surface area contributed by atoms with Crippen LogP contribution in [0.2, 0.25) is 0 Å². The highest BCUT2D eigenvalue weighted by molar-refractivity contribution is 8.00. The number of rotatable bonds is 18. The molecule has 0 saturated heterocycles. The Balaban J connectivity index is 0.913. The van der Waals surface area contributed by atoms with E-state index in [1.807, 2.05) is 54.6 Å². The van der Waals surface area contributed by atoms with Gasteiger partial charge in [0.2, 0.25) is 35.3 Å². The van der Waals surface area contributed by atoms with Gasteiger partial charge in [-0.2, -0.15) is 0 Å². The van der Waals surface area contributed by atoms with Crippen molar-refractivity contribution in [1.29, 1.82) is 0 Å². The minimum absolute atomic E-state index is 0.00240. The van der Waals surface area contributed by atoms with Crippen LogP contribution in [0, 0.1) is 13.8 Å². The number of carboxylic acids is 1. The number of methoxy groups -OCH3 is 2. The maximum absolute atomic E-state index is 13.7. The standard InChI is InChI=1S/C47H40N8O11S/c1-25-35(42-49-31(20-63-42)38(56)53-37(46(59-3)60-4)43-51-33(22-64-43)40-50-32(21-61-40)41-52-34(23-62-41)45(57)58)55-44(66-25)36-26(2)65-39(54-36)30(48)24-67-47(27-14-8-5-9-15-27,28-16-10-6-11-17-28)29-18-12-7-13-19-29/h5-23,30,37,46H,24,48H2,1-4H3,(H,53,56)(H,57,58). The number of aryl methyl sites for hydroxylation is 2. The van der Waals surface area contributed by atoms with E-state index in [4.69, 9.17) is 51.8 Å². The average molecular weight is 925 g/mol. The van der Waals surface area contributed by atoms with Crippen molar-refractivity contribution in [1.82, 2.24) is 35.2 Å². The number of carbonyl (C=O) groups excluding carboxylic acids is 1. The zero-order chi connectivity index (χ0) is 46.7. The summed E-state index contributed by atoms with van der Waals surface area (Å²) in [6.07, 6.45) is 3.52. The molecular formula is C47H40N8O11S. The molecule has 0 aliphatic rings. The SMILES string of the molecule is COC(OC)C(NC(=O)c1coc(-c2nc(-c3nc(C(N)CSC(c4ccccc4)(c4ccccc4)c4ccccc4)oc3C)oc2C)n1)c1nc(-c2nc(-c3nc(C(=O)O)co3)co2)co1. The molecule has 4 N–H and O–H groups in total. The van der Waals surface area contributed by atoms with E-state index in [9.17, 15) is 9.59 Å². The lowest BCUT2D eigenvalue weighted by atomic mass is 9.84. The van der Waals surface area contributed by atoms with Crippen molar-refractivity contribution in [3.8, 4) is 46.3 Å². The number of hydrogen-bond acceptors (Lipinski definition) is 18. The van der Waals surface area contributed by atoms with E-state index in [0.717, 1.165) is 29.2 Å². The number of aromatic nitrogens is 6. The Bertz CT molecular complexity index is 3020. The van der Waals surface area contributed by atoms with Gasteiger partial charge in [0.1, 0.15) is 36.6 Å². The molecule has 1 amide bonds. The number of amides is 1. The van der Waals surface area contributed by atoms with Crippen LogP contribution in [0.4, 0.5) is 0 Å². The van der Waals surface area contributed by atoms with E-state index in [-0.39, 0.29) is 57.9 Å². The van der Waals surface area contributed by atoms with Gasteiger partial charge in [0.15, 0.2) is 46.5 Å². The van der Waals surface area contributed by atoms with Gasteiger partial charge in [-0.15, -0.1) is 11.8 Å². The van der Waals surface area contributed by atoms with Gasteiger partial charge in [-0.05, 0) is 30.5 Å². The number of nitrogens with one attached hydrogen (secondary N) is 1. The van der Waals surface area contributed by atoms with E-state index >= 15 is 0 Å². The summed E-state index contributed by atoms with van der Waals surface area (Å²) >= 11 is 1.69. The fourth-order valence-corrected chi connectivity index (χ4v) is 8.83. The van der Waals surface area contributed by atoms with Gasteiger partial charge in [-0.1, -0.05) is 91.0 Å². The van der Waals surface area contributed by atoms with Gasteiger partial charge in [0.25, 0.3) is 5.91 Å². The largest absolute Gasteiger partial charge is 0.476 e. The lowest BCUT2D eigenvalue weighted by Gasteiger charge is -2.36. The van der Waals surface area contributed by atoms with E-state index in [2.05, 4.69) is 66.6 Å². The second-order valence-electron chi connectivity index (χ2n) is 14.9. The Morgan fingerprint density at radius 1 is 0.642 bits per heavy atom. The third kappa shape index (κ3) is 8.80. The van der Waals surface area contributed by atoms with Crippen molar-refractivity contribution >= 4 is 23.6 Å². The maximum Gasteiger partial charge on any atom is 0.357 e. The molecule has 19 nitrogen and oxygen atoms in total. The molecule has 20 heteroatoms. The number of ether oxygens (including phenoxy) is 2. The summed E-state index contributed by atoms with van der Waals surface area (Å²) in [4.78, 5) is 51.3. The molecule has 67 heavy (non-hydrogen) atoms. The topological polar surface area (TPSA) is 267 Å². The fraction of sp³-hybridized carbons (Fsp3) is 0.191. The molecular weight excluding hydrogens is 885 g/mol. The monoisotopic (exact) mass is 924 g/mol. The highest BCUT2D eigenvalue weighted by atomic mass is 32.2. The lowest BCUT2D eigenvalue weighted by Crippen LogP contribution is -2.38. The number of benzene rings is 3. The number of oxazole rings is 6. The molecule has 0 bridgehead atoms.